The average molecular weight is 375 g/mol. The molecule has 0 saturated carbocycles. The Morgan fingerprint density at radius 1 is 0.857 bits per heavy atom. The summed E-state index contributed by atoms with van der Waals surface area (Å²) in [7, 11) is 1.62. The van der Waals surface area contributed by atoms with E-state index in [1.807, 2.05) is 42.5 Å². The van der Waals surface area contributed by atoms with Crippen LogP contribution in [0.4, 0.5) is 5.69 Å². The summed E-state index contributed by atoms with van der Waals surface area (Å²) >= 11 is 0. The molecule has 0 radical (unpaired) electrons. The number of nitrogens with one attached hydrogen (secondary N) is 2. The maximum atomic E-state index is 12.4. The lowest BCUT2D eigenvalue weighted by Crippen LogP contribution is -2.27. The number of rotatable bonds is 7. The van der Waals surface area contributed by atoms with Crippen LogP contribution in [-0.4, -0.2) is 30.5 Å². The summed E-state index contributed by atoms with van der Waals surface area (Å²) in [5.74, 6) is 0.0913. The van der Waals surface area contributed by atoms with Crippen molar-refractivity contribution in [1.82, 2.24) is 10.3 Å². The third kappa shape index (κ3) is 4.94. The van der Waals surface area contributed by atoms with E-state index in [2.05, 4.69) is 15.6 Å². The van der Waals surface area contributed by atoms with E-state index in [1.165, 1.54) is 0 Å². The maximum Gasteiger partial charge on any atom is 0.274 e. The largest absolute Gasteiger partial charge is 0.496 e. The van der Waals surface area contributed by atoms with Crippen LogP contribution in [0.25, 0.3) is 0 Å². The van der Waals surface area contributed by atoms with E-state index in [9.17, 15) is 9.59 Å². The standard InChI is InChI=1S/C22H21N3O3/c1-28-20-13-6-5-8-16(20)14-15-23-21(26)18-11-7-12-19(25-18)22(27)24-17-9-3-2-4-10-17/h2-13H,14-15H2,1H3,(H,23,26)(H,24,27). The SMILES string of the molecule is COc1ccccc1CCNC(=O)c1cccc(C(=O)Nc2ccccc2)n1. The highest BCUT2D eigenvalue weighted by Gasteiger charge is 2.12. The van der Waals surface area contributed by atoms with E-state index >= 15 is 0 Å². The van der Waals surface area contributed by atoms with Gasteiger partial charge >= 0.3 is 0 Å². The van der Waals surface area contributed by atoms with Gasteiger partial charge < -0.3 is 15.4 Å². The Morgan fingerprint density at radius 2 is 1.54 bits per heavy atom. The minimum absolute atomic E-state index is 0.182. The molecule has 2 N–H and O–H groups in total. The number of ether oxygens (including phenoxy) is 1. The quantitative estimate of drug-likeness (QED) is 0.664. The summed E-state index contributed by atoms with van der Waals surface area (Å²) < 4.78 is 5.31. The molecule has 28 heavy (non-hydrogen) atoms. The highest BCUT2D eigenvalue weighted by atomic mass is 16.5. The van der Waals surface area contributed by atoms with Gasteiger partial charge in [-0.3, -0.25) is 9.59 Å². The summed E-state index contributed by atoms with van der Waals surface area (Å²) in [5.41, 5.74) is 2.05. The zero-order valence-corrected chi connectivity index (χ0v) is 15.5. The zero-order valence-electron chi connectivity index (χ0n) is 15.5. The van der Waals surface area contributed by atoms with Gasteiger partial charge in [-0.05, 0) is 42.3 Å². The molecule has 1 aromatic heterocycles. The molecule has 0 atom stereocenters. The van der Waals surface area contributed by atoms with E-state index in [1.54, 1.807) is 37.4 Å². The highest BCUT2D eigenvalue weighted by Crippen LogP contribution is 2.17. The summed E-state index contributed by atoms with van der Waals surface area (Å²) in [4.78, 5) is 28.9. The molecule has 0 aliphatic rings. The Bertz CT molecular complexity index is 958. The lowest BCUT2D eigenvalue weighted by molar-refractivity contribution is 0.0949. The number of para-hydroxylation sites is 2. The van der Waals surface area contributed by atoms with Crippen LogP contribution < -0.4 is 15.4 Å². The molecule has 2 amide bonds. The molecule has 0 unspecified atom stereocenters. The van der Waals surface area contributed by atoms with Crippen molar-refractivity contribution < 1.29 is 14.3 Å². The van der Waals surface area contributed by atoms with Crippen molar-refractivity contribution in [2.24, 2.45) is 0 Å². The molecule has 142 valence electrons. The predicted molar refractivity (Wildman–Crippen MR) is 108 cm³/mol. The van der Waals surface area contributed by atoms with Crippen LogP contribution in [0.15, 0.2) is 72.8 Å². The molecule has 6 nitrogen and oxygen atoms in total. The smallest absolute Gasteiger partial charge is 0.274 e. The molecule has 0 spiro atoms. The van der Waals surface area contributed by atoms with E-state index in [0.717, 1.165) is 11.3 Å². The second kappa shape index (κ2) is 9.32. The fraction of sp³-hybridized carbons (Fsp3) is 0.136. The number of carbonyl (C=O) groups is 2. The van der Waals surface area contributed by atoms with Crippen LogP contribution in [-0.2, 0) is 6.42 Å². The molecule has 0 fully saturated rings. The fourth-order valence-electron chi connectivity index (χ4n) is 2.72. The molecule has 3 rings (SSSR count). The number of anilines is 1. The number of hydrogen-bond donors (Lipinski definition) is 2. The van der Waals surface area contributed by atoms with E-state index in [-0.39, 0.29) is 23.2 Å². The molecule has 3 aromatic rings. The number of methoxy groups -OCH3 is 1. The molecular weight excluding hydrogens is 354 g/mol. The van der Waals surface area contributed by atoms with Crippen LogP contribution in [0, 0.1) is 0 Å². The Kier molecular flexibility index (Phi) is 6.36. The number of amides is 2. The van der Waals surface area contributed by atoms with E-state index in [0.29, 0.717) is 18.7 Å². The van der Waals surface area contributed by atoms with Gasteiger partial charge in [0.2, 0.25) is 0 Å². The van der Waals surface area contributed by atoms with Crippen LogP contribution in [0.5, 0.6) is 5.75 Å². The molecule has 2 aromatic carbocycles. The van der Waals surface area contributed by atoms with Crippen LogP contribution in [0.2, 0.25) is 0 Å². The predicted octanol–water partition coefficient (Wildman–Crippen LogP) is 3.32. The van der Waals surface area contributed by atoms with Gasteiger partial charge in [-0.15, -0.1) is 0 Å². The molecule has 0 aliphatic carbocycles. The first kappa shape index (κ1) is 19.1. The summed E-state index contributed by atoms with van der Waals surface area (Å²) in [5, 5.41) is 5.58. The zero-order chi connectivity index (χ0) is 19.8. The van der Waals surface area contributed by atoms with Crippen molar-refractivity contribution in [3.63, 3.8) is 0 Å². The molecule has 6 heteroatoms. The maximum absolute atomic E-state index is 12.4. The number of carbonyl (C=O) groups excluding carboxylic acids is 2. The van der Waals surface area contributed by atoms with E-state index in [4.69, 9.17) is 4.74 Å². The molecule has 0 aliphatic heterocycles. The van der Waals surface area contributed by atoms with Crippen molar-refractivity contribution in [2.45, 2.75) is 6.42 Å². The first-order chi connectivity index (χ1) is 13.7. The molecule has 0 saturated heterocycles. The minimum atomic E-state index is -0.366. The topological polar surface area (TPSA) is 80.3 Å². The van der Waals surface area contributed by atoms with E-state index < -0.39 is 0 Å². The van der Waals surface area contributed by atoms with Crippen molar-refractivity contribution in [1.29, 1.82) is 0 Å². The average Bonchev–Trinajstić information content (AvgIpc) is 2.75. The van der Waals surface area contributed by atoms with Crippen molar-refractivity contribution >= 4 is 17.5 Å². The third-order valence-corrected chi connectivity index (χ3v) is 4.12. The number of aromatic nitrogens is 1. The Morgan fingerprint density at radius 3 is 2.29 bits per heavy atom. The van der Waals surface area contributed by atoms with Crippen molar-refractivity contribution in [2.75, 3.05) is 19.0 Å². The third-order valence-electron chi connectivity index (χ3n) is 4.12. The first-order valence-corrected chi connectivity index (χ1v) is 8.91. The molecule has 0 bridgehead atoms. The second-order valence-electron chi connectivity index (χ2n) is 6.05. The summed E-state index contributed by atoms with van der Waals surface area (Å²) in [6.07, 6.45) is 0.629. The van der Waals surface area contributed by atoms with Gasteiger partial charge in [0, 0.05) is 12.2 Å². The van der Waals surface area contributed by atoms with Gasteiger partial charge in [-0.25, -0.2) is 4.98 Å². The minimum Gasteiger partial charge on any atom is -0.496 e. The Hall–Kier alpha value is -3.67. The van der Waals surface area contributed by atoms with Gasteiger partial charge in [0.05, 0.1) is 7.11 Å². The van der Waals surface area contributed by atoms with Crippen molar-refractivity contribution in [3.05, 3.63) is 89.7 Å². The van der Waals surface area contributed by atoms with Crippen LogP contribution >= 0.6 is 0 Å². The normalized spacial score (nSPS) is 10.2. The van der Waals surface area contributed by atoms with Gasteiger partial charge in [0.15, 0.2) is 0 Å². The monoisotopic (exact) mass is 375 g/mol. The summed E-state index contributed by atoms with van der Waals surface area (Å²) in [6, 6.07) is 21.5. The number of nitrogens with zero attached hydrogens (tertiary/aromatic N) is 1. The van der Waals surface area contributed by atoms with Crippen LogP contribution in [0.1, 0.15) is 26.5 Å². The first-order valence-electron chi connectivity index (χ1n) is 8.91. The van der Waals surface area contributed by atoms with Crippen molar-refractivity contribution in [3.8, 4) is 5.75 Å². The highest BCUT2D eigenvalue weighted by molar-refractivity contribution is 6.03. The van der Waals surface area contributed by atoms with Gasteiger partial charge in [-0.1, -0.05) is 42.5 Å². The molecular formula is C22H21N3O3. The number of benzene rings is 2. The van der Waals surface area contributed by atoms with Gasteiger partial charge in [0.25, 0.3) is 11.8 Å². The number of pyridine rings is 1. The fourth-order valence-corrected chi connectivity index (χ4v) is 2.72. The lowest BCUT2D eigenvalue weighted by Gasteiger charge is -2.09. The second-order valence-corrected chi connectivity index (χ2v) is 6.05. The number of hydrogen-bond acceptors (Lipinski definition) is 4. The summed E-state index contributed by atoms with van der Waals surface area (Å²) in [6.45, 7) is 0.432. The van der Waals surface area contributed by atoms with Crippen LogP contribution in [0.3, 0.4) is 0 Å². The molecule has 1 heterocycles. The Balaban J connectivity index is 1.60. The Labute approximate surface area is 163 Å². The lowest BCUT2D eigenvalue weighted by atomic mass is 10.1. The van der Waals surface area contributed by atoms with Gasteiger partial charge in [0.1, 0.15) is 17.1 Å². The van der Waals surface area contributed by atoms with Gasteiger partial charge in [-0.2, -0.15) is 0 Å².